The molecule has 1 heterocycles. The number of hydrogen-bond donors (Lipinski definition) is 1. The van der Waals surface area contributed by atoms with Crippen molar-refractivity contribution in [3.8, 4) is 0 Å². The highest BCUT2D eigenvalue weighted by molar-refractivity contribution is 7.92. The molecule has 7 heteroatoms. The number of aromatic nitrogens is 2. The van der Waals surface area contributed by atoms with Crippen LogP contribution in [0.25, 0.3) is 0 Å². The van der Waals surface area contributed by atoms with Gasteiger partial charge >= 0.3 is 0 Å². The zero-order valence-corrected chi connectivity index (χ0v) is 12.0. The van der Waals surface area contributed by atoms with Crippen LogP contribution in [0.1, 0.15) is 24.2 Å². The lowest BCUT2D eigenvalue weighted by molar-refractivity contribution is 0.101. The first-order chi connectivity index (χ1) is 9.42. The predicted octanol–water partition coefficient (Wildman–Crippen LogP) is 1.91. The number of ketones is 1. The maximum atomic E-state index is 12.1. The molecule has 0 unspecified atom stereocenters. The van der Waals surface area contributed by atoms with Crippen molar-refractivity contribution < 1.29 is 13.2 Å². The van der Waals surface area contributed by atoms with Crippen LogP contribution >= 0.6 is 0 Å². The first kappa shape index (κ1) is 14.3. The summed E-state index contributed by atoms with van der Waals surface area (Å²) in [5.41, 5.74) is 0.936. The van der Waals surface area contributed by atoms with Crippen molar-refractivity contribution in [1.29, 1.82) is 0 Å². The highest BCUT2D eigenvalue weighted by Crippen LogP contribution is 2.16. The van der Waals surface area contributed by atoms with Crippen molar-refractivity contribution in [2.24, 2.45) is 0 Å². The summed E-state index contributed by atoms with van der Waals surface area (Å²) in [5, 5.41) is 3.93. The van der Waals surface area contributed by atoms with Gasteiger partial charge in [0.25, 0.3) is 10.0 Å². The normalized spacial score (nSPS) is 11.3. The number of benzene rings is 1. The van der Waals surface area contributed by atoms with Gasteiger partial charge in [0.2, 0.25) is 0 Å². The highest BCUT2D eigenvalue weighted by Gasteiger charge is 2.16. The molecule has 1 aromatic heterocycles. The van der Waals surface area contributed by atoms with E-state index in [9.17, 15) is 13.2 Å². The Morgan fingerprint density at radius 1 is 1.30 bits per heavy atom. The molecule has 0 radical (unpaired) electrons. The molecule has 1 N–H and O–H groups in total. The number of carbonyl (C=O) groups excluding carboxylic acids is 1. The van der Waals surface area contributed by atoms with Crippen molar-refractivity contribution in [2.45, 2.75) is 25.3 Å². The van der Waals surface area contributed by atoms with Gasteiger partial charge in [0.15, 0.2) is 5.78 Å². The van der Waals surface area contributed by atoms with Crippen LogP contribution in [-0.4, -0.2) is 24.0 Å². The van der Waals surface area contributed by atoms with Crippen molar-refractivity contribution in [2.75, 3.05) is 4.72 Å². The molecule has 0 atom stereocenters. The SMILES string of the molecule is CCn1cc(S(=O)(=O)Nc2ccc(C(C)=O)cc2)cn1. The Morgan fingerprint density at radius 2 is 1.95 bits per heavy atom. The number of aryl methyl sites for hydroxylation is 1. The quantitative estimate of drug-likeness (QED) is 0.854. The van der Waals surface area contributed by atoms with Crippen LogP contribution in [-0.2, 0) is 16.6 Å². The molecule has 0 fully saturated rings. The average molecular weight is 293 g/mol. The molecule has 0 aliphatic carbocycles. The second kappa shape index (κ2) is 5.46. The molecule has 2 rings (SSSR count). The summed E-state index contributed by atoms with van der Waals surface area (Å²) in [5.74, 6) is -0.0661. The largest absolute Gasteiger partial charge is 0.295 e. The van der Waals surface area contributed by atoms with Crippen molar-refractivity contribution in [3.63, 3.8) is 0 Å². The minimum Gasteiger partial charge on any atom is -0.295 e. The molecule has 0 aliphatic rings. The van der Waals surface area contributed by atoms with Gasteiger partial charge in [-0.05, 0) is 38.1 Å². The maximum absolute atomic E-state index is 12.1. The van der Waals surface area contributed by atoms with Crippen molar-refractivity contribution >= 4 is 21.5 Å². The first-order valence-electron chi connectivity index (χ1n) is 6.08. The van der Waals surface area contributed by atoms with Gasteiger partial charge in [-0.2, -0.15) is 5.10 Å². The number of carbonyl (C=O) groups is 1. The van der Waals surface area contributed by atoms with Crippen molar-refractivity contribution in [1.82, 2.24) is 9.78 Å². The van der Waals surface area contributed by atoms with E-state index in [0.29, 0.717) is 17.8 Å². The van der Waals surface area contributed by atoms with Crippen LogP contribution in [0.5, 0.6) is 0 Å². The molecule has 6 nitrogen and oxygen atoms in total. The van der Waals surface area contributed by atoms with E-state index in [0.717, 1.165) is 0 Å². The topological polar surface area (TPSA) is 81.1 Å². The van der Waals surface area contributed by atoms with Crippen molar-refractivity contribution in [3.05, 3.63) is 42.2 Å². The zero-order chi connectivity index (χ0) is 14.8. The van der Waals surface area contributed by atoms with Crippen LogP contribution in [0.15, 0.2) is 41.6 Å². The van der Waals surface area contributed by atoms with Gasteiger partial charge in [-0.15, -0.1) is 0 Å². The molecule has 0 saturated carbocycles. The summed E-state index contributed by atoms with van der Waals surface area (Å²) >= 11 is 0. The molecular weight excluding hydrogens is 278 g/mol. The van der Waals surface area contributed by atoms with E-state index in [2.05, 4.69) is 9.82 Å². The van der Waals surface area contributed by atoms with E-state index in [4.69, 9.17) is 0 Å². The maximum Gasteiger partial charge on any atom is 0.265 e. The minimum absolute atomic E-state index is 0.0661. The lowest BCUT2D eigenvalue weighted by atomic mass is 10.1. The Hall–Kier alpha value is -2.15. The van der Waals surface area contributed by atoms with Crippen LogP contribution in [0.3, 0.4) is 0 Å². The fourth-order valence-corrected chi connectivity index (χ4v) is 2.65. The van der Waals surface area contributed by atoms with E-state index >= 15 is 0 Å². The smallest absolute Gasteiger partial charge is 0.265 e. The molecule has 0 saturated heterocycles. The third-order valence-electron chi connectivity index (χ3n) is 2.79. The molecule has 20 heavy (non-hydrogen) atoms. The fourth-order valence-electron chi connectivity index (χ4n) is 1.64. The Kier molecular flexibility index (Phi) is 3.89. The lowest BCUT2D eigenvalue weighted by Gasteiger charge is -2.06. The predicted molar refractivity (Wildman–Crippen MR) is 75.2 cm³/mol. The number of sulfonamides is 1. The second-order valence-corrected chi connectivity index (χ2v) is 5.95. The number of anilines is 1. The van der Waals surface area contributed by atoms with E-state index in [1.54, 1.807) is 24.3 Å². The number of hydrogen-bond acceptors (Lipinski definition) is 4. The molecule has 0 aliphatic heterocycles. The fraction of sp³-hybridized carbons (Fsp3) is 0.231. The second-order valence-electron chi connectivity index (χ2n) is 4.27. The van der Waals surface area contributed by atoms with E-state index in [-0.39, 0.29) is 10.7 Å². The van der Waals surface area contributed by atoms with E-state index in [1.165, 1.54) is 24.0 Å². The summed E-state index contributed by atoms with van der Waals surface area (Å²) in [6, 6.07) is 6.27. The number of nitrogens with zero attached hydrogens (tertiary/aromatic N) is 2. The summed E-state index contributed by atoms with van der Waals surface area (Å²) in [6.45, 7) is 3.93. The lowest BCUT2D eigenvalue weighted by Crippen LogP contribution is -2.12. The molecule has 0 amide bonds. The standard InChI is InChI=1S/C13H15N3O3S/c1-3-16-9-13(8-14-16)20(18,19)15-12-6-4-11(5-7-12)10(2)17/h4-9,15H,3H2,1-2H3. The number of nitrogens with one attached hydrogen (secondary N) is 1. The average Bonchev–Trinajstić information content (AvgIpc) is 2.88. The van der Waals surface area contributed by atoms with Gasteiger partial charge in [0.05, 0.1) is 6.20 Å². The Labute approximate surface area is 117 Å². The van der Waals surface area contributed by atoms with Gasteiger partial charge in [-0.1, -0.05) is 0 Å². The number of Topliss-reactive ketones (excluding diaryl/α,β-unsaturated/α-hetero) is 1. The third-order valence-corrected chi connectivity index (χ3v) is 4.12. The van der Waals surface area contributed by atoms with E-state index < -0.39 is 10.0 Å². The van der Waals surface area contributed by atoms with E-state index in [1.807, 2.05) is 6.92 Å². The van der Waals surface area contributed by atoms with Crippen LogP contribution < -0.4 is 4.72 Å². The van der Waals surface area contributed by atoms with Gasteiger partial charge < -0.3 is 0 Å². The summed E-state index contributed by atoms with van der Waals surface area (Å²) in [4.78, 5) is 11.3. The summed E-state index contributed by atoms with van der Waals surface area (Å²) in [6.07, 6.45) is 2.77. The number of rotatable bonds is 5. The monoisotopic (exact) mass is 293 g/mol. The van der Waals surface area contributed by atoms with Gasteiger partial charge in [-0.3, -0.25) is 14.2 Å². The molecule has 0 spiro atoms. The van der Waals surface area contributed by atoms with Crippen LogP contribution in [0, 0.1) is 0 Å². The van der Waals surface area contributed by atoms with Crippen LogP contribution in [0.4, 0.5) is 5.69 Å². The van der Waals surface area contributed by atoms with Crippen LogP contribution in [0.2, 0.25) is 0 Å². The Bertz CT molecular complexity index is 718. The summed E-state index contributed by atoms with van der Waals surface area (Å²) in [7, 11) is -3.65. The van der Waals surface area contributed by atoms with Gasteiger partial charge in [-0.25, -0.2) is 8.42 Å². The van der Waals surface area contributed by atoms with Gasteiger partial charge in [0, 0.05) is 24.0 Å². The molecule has 2 aromatic rings. The third kappa shape index (κ3) is 3.05. The molecule has 1 aromatic carbocycles. The minimum atomic E-state index is -3.65. The summed E-state index contributed by atoms with van der Waals surface area (Å²) < 4.78 is 28.2. The molecule has 0 bridgehead atoms. The highest BCUT2D eigenvalue weighted by atomic mass is 32.2. The molecular formula is C13H15N3O3S. The Balaban J connectivity index is 2.21. The zero-order valence-electron chi connectivity index (χ0n) is 11.2. The molecule has 106 valence electrons. The van der Waals surface area contributed by atoms with Gasteiger partial charge in [0.1, 0.15) is 4.90 Å². The Morgan fingerprint density at radius 3 is 2.45 bits per heavy atom. The first-order valence-corrected chi connectivity index (χ1v) is 7.57.